The van der Waals surface area contributed by atoms with Gasteiger partial charge in [-0.2, -0.15) is 4.72 Å². The normalized spacial score (nSPS) is 16.9. The molecule has 0 aromatic carbocycles. The Balaban J connectivity index is 4.46. The lowest BCUT2D eigenvalue weighted by Gasteiger charge is -2.14. The van der Waals surface area contributed by atoms with E-state index < -0.39 is 28.1 Å². The number of carbonyl (C=O) groups is 1. The number of nitrogens with one attached hydrogen (secondary N) is 1. The summed E-state index contributed by atoms with van der Waals surface area (Å²) in [6, 6.07) is -1.49. The first-order valence-corrected chi connectivity index (χ1v) is 5.01. The number of aliphatic hydroxyl groups is 1. The Labute approximate surface area is 70.3 Å². The molecule has 0 aliphatic rings. The fraction of sp³-hybridized carbons (Fsp3) is 0.800. The molecule has 72 valence electrons. The average Bonchev–Trinajstić information content (AvgIpc) is 1.79. The third-order valence-electron chi connectivity index (χ3n) is 1.09. The summed E-state index contributed by atoms with van der Waals surface area (Å²) in [7, 11) is -3.60. The van der Waals surface area contributed by atoms with E-state index in [0.29, 0.717) is 0 Å². The van der Waals surface area contributed by atoms with Crippen LogP contribution in [0.4, 0.5) is 0 Å². The van der Waals surface area contributed by atoms with Gasteiger partial charge in [-0.05, 0) is 6.92 Å². The van der Waals surface area contributed by atoms with Gasteiger partial charge >= 0.3 is 5.97 Å². The Kier molecular flexibility index (Phi) is 3.62. The molecule has 0 amide bonds. The van der Waals surface area contributed by atoms with Crippen LogP contribution in [-0.4, -0.2) is 43.0 Å². The van der Waals surface area contributed by atoms with Crippen LogP contribution in [-0.2, 0) is 14.8 Å². The van der Waals surface area contributed by atoms with Gasteiger partial charge < -0.3 is 10.2 Å². The van der Waals surface area contributed by atoms with Crippen LogP contribution in [0.25, 0.3) is 0 Å². The molecule has 0 heterocycles. The second kappa shape index (κ2) is 3.83. The van der Waals surface area contributed by atoms with E-state index in [1.54, 1.807) is 4.72 Å². The molecule has 0 aliphatic heterocycles. The highest BCUT2D eigenvalue weighted by Gasteiger charge is 2.25. The molecule has 12 heavy (non-hydrogen) atoms. The van der Waals surface area contributed by atoms with E-state index >= 15 is 0 Å². The van der Waals surface area contributed by atoms with Crippen LogP contribution in [0, 0.1) is 0 Å². The first-order chi connectivity index (χ1) is 5.24. The maximum atomic E-state index is 10.6. The molecular weight excluding hydrogens is 186 g/mol. The molecule has 0 spiro atoms. The van der Waals surface area contributed by atoms with Gasteiger partial charge in [-0.1, -0.05) is 0 Å². The first-order valence-electron chi connectivity index (χ1n) is 3.12. The molecule has 0 saturated carbocycles. The zero-order valence-electron chi connectivity index (χ0n) is 6.68. The predicted octanol–water partition coefficient (Wildman–Crippen LogP) is -1.63. The van der Waals surface area contributed by atoms with Crippen molar-refractivity contribution in [3.8, 4) is 0 Å². The van der Waals surface area contributed by atoms with Crippen LogP contribution in [0.5, 0.6) is 0 Å². The van der Waals surface area contributed by atoms with Crippen molar-refractivity contribution in [2.45, 2.75) is 19.1 Å². The van der Waals surface area contributed by atoms with Crippen molar-refractivity contribution in [3.05, 3.63) is 0 Å². The van der Waals surface area contributed by atoms with Crippen LogP contribution in [0.1, 0.15) is 6.92 Å². The third kappa shape index (κ3) is 4.27. The molecule has 0 aromatic heterocycles. The summed E-state index contributed by atoms with van der Waals surface area (Å²) in [5.41, 5.74) is 0. The van der Waals surface area contributed by atoms with Crippen LogP contribution in [0.3, 0.4) is 0 Å². The lowest BCUT2D eigenvalue weighted by Crippen LogP contribution is -2.47. The SMILES string of the molecule is C[C@@H](O)[C@H](NS(C)(=O)=O)C(=O)O. The van der Waals surface area contributed by atoms with Gasteiger partial charge in [0.25, 0.3) is 0 Å². The Hall–Kier alpha value is -0.660. The van der Waals surface area contributed by atoms with E-state index in [9.17, 15) is 13.2 Å². The minimum atomic E-state index is -3.60. The first kappa shape index (κ1) is 11.3. The van der Waals surface area contributed by atoms with Crippen molar-refractivity contribution in [2.75, 3.05) is 6.26 Å². The smallest absolute Gasteiger partial charge is 0.324 e. The van der Waals surface area contributed by atoms with Gasteiger partial charge in [0, 0.05) is 0 Å². The van der Waals surface area contributed by atoms with Gasteiger partial charge in [-0.15, -0.1) is 0 Å². The lowest BCUT2D eigenvalue weighted by atomic mass is 10.2. The van der Waals surface area contributed by atoms with Crippen molar-refractivity contribution in [1.29, 1.82) is 0 Å². The summed E-state index contributed by atoms with van der Waals surface area (Å²) in [5.74, 6) is -1.41. The van der Waals surface area contributed by atoms with Gasteiger partial charge in [0.2, 0.25) is 10.0 Å². The number of carboxylic acid groups (broad SMARTS) is 1. The number of hydrogen-bond donors (Lipinski definition) is 3. The fourth-order valence-corrected chi connectivity index (χ4v) is 1.34. The monoisotopic (exact) mass is 197 g/mol. The molecule has 0 bridgehead atoms. The van der Waals surface area contributed by atoms with Crippen LogP contribution >= 0.6 is 0 Å². The topological polar surface area (TPSA) is 104 Å². The summed E-state index contributed by atoms with van der Waals surface area (Å²) in [5, 5.41) is 17.3. The summed E-state index contributed by atoms with van der Waals surface area (Å²) in [4.78, 5) is 10.3. The van der Waals surface area contributed by atoms with E-state index in [-0.39, 0.29) is 0 Å². The highest BCUT2D eigenvalue weighted by molar-refractivity contribution is 7.88. The minimum absolute atomic E-state index is 0.825. The maximum absolute atomic E-state index is 10.6. The van der Waals surface area contributed by atoms with Gasteiger partial charge in [0.15, 0.2) is 0 Å². The predicted molar refractivity (Wildman–Crippen MR) is 41.1 cm³/mol. The van der Waals surface area contributed by atoms with Gasteiger partial charge in [0.1, 0.15) is 6.04 Å². The minimum Gasteiger partial charge on any atom is -0.480 e. The molecule has 7 heteroatoms. The number of hydrogen-bond acceptors (Lipinski definition) is 4. The van der Waals surface area contributed by atoms with Crippen molar-refractivity contribution in [2.24, 2.45) is 0 Å². The highest BCUT2D eigenvalue weighted by Crippen LogP contribution is 1.94. The molecular formula is C5H11NO5S. The van der Waals surface area contributed by atoms with Gasteiger partial charge in [0.05, 0.1) is 12.4 Å². The Morgan fingerprint density at radius 1 is 1.50 bits per heavy atom. The molecule has 0 unspecified atom stereocenters. The molecule has 6 nitrogen and oxygen atoms in total. The molecule has 0 radical (unpaired) electrons. The van der Waals surface area contributed by atoms with Crippen LogP contribution < -0.4 is 4.72 Å². The fourth-order valence-electron chi connectivity index (χ4n) is 0.586. The highest BCUT2D eigenvalue weighted by atomic mass is 32.2. The van der Waals surface area contributed by atoms with Gasteiger partial charge in [-0.25, -0.2) is 8.42 Å². The van der Waals surface area contributed by atoms with Gasteiger partial charge in [-0.3, -0.25) is 4.79 Å². The second-order valence-electron chi connectivity index (χ2n) is 2.45. The third-order valence-corrected chi connectivity index (χ3v) is 1.77. The number of aliphatic carboxylic acids is 1. The lowest BCUT2D eigenvalue weighted by molar-refractivity contribution is -0.141. The van der Waals surface area contributed by atoms with Crippen molar-refractivity contribution in [1.82, 2.24) is 4.72 Å². The zero-order chi connectivity index (χ0) is 9.94. The van der Waals surface area contributed by atoms with Crippen LogP contribution in [0.2, 0.25) is 0 Å². The molecule has 0 saturated heterocycles. The Morgan fingerprint density at radius 3 is 2.00 bits per heavy atom. The number of rotatable bonds is 4. The number of sulfonamides is 1. The standard InChI is InChI=1S/C5H11NO5S/c1-3(7)4(5(8)9)6-12(2,10)11/h3-4,6-7H,1-2H3,(H,8,9)/t3-,4+/m1/s1. The Morgan fingerprint density at radius 2 is 1.92 bits per heavy atom. The average molecular weight is 197 g/mol. The molecule has 2 atom stereocenters. The van der Waals surface area contributed by atoms with Crippen molar-refractivity contribution >= 4 is 16.0 Å². The van der Waals surface area contributed by atoms with E-state index in [1.807, 2.05) is 0 Å². The summed E-state index contributed by atoms with van der Waals surface area (Å²) < 4.78 is 22.9. The Bertz CT molecular complexity index is 257. The van der Waals surface area contributed by atoms with E-state index in [0.717, 1.165) is 6.26 Å². The number of aliphatic hydroxyl groups excluding tert-OH is 1. The van der Waals surface area contributed by atoms with Crippen LogP contribution in [0.15, 0.2) is 0 Å². The summed E-state index contributed by atoms with van der Waals surface area (Å²) in [6.45, 7) is 1.19. The maximum Gasteiger partial charge on any atom is 0.324 e. The van der Waals surface area contributed by atoms with E-state index in [2.05, 4.69) is 0 Å². The van der Waals surface area contributed by atoms with Crippen molar-refractivity contribution < 1.29 is 23.4 Å². The molecule has 0 aromatic rings. The molecule has 0 fully saturated rings. The van der Waals surface area contributed by atoms with E-state index in [4.69, 9.17) is 10.2 Å². The molecule has 3 N–H and O–H groups in total. The summed E-state index contributed by atoms with van der Waals surface area (Å²) in [6.07, 6.45) is -0.442. The second-order valence-corrected chi connectivity index (χ2v) is 4.23. The number of carboxylic acids is 1. The molecule has 0 aliphatic carbocycles. The largest absolute Gasteiger partial charge is 0.480 e. The zero-order valence-corrected chi connectivity index (χ0v) is 7.50. The summed E-state index contributed by atoms with van der Waals surface area (Å²) >= 11 is 0. The molecule has 0 rings (SSSR count). The quantitative estimate of drug-likeness (QED) is 0.502. The van der Waals surface area contributed by atoms with E-state index in [1.165, 1.54) is 6.92 Å². The van der Waals surface area contributed by atoms with Crippen molar-refractivity contribution in [3.63, 3.8) is 0 Å².